The predicted octanol–water partition coefficient (Wildman–Crippen LogP) is 2.70. The van der Waals surface area contributed by atoms with Crippen LogP contribution in [0.2, 0.25) is 0 Å². The van der Waals surface area contributed by atoms with Crippen LogP contribution >= 0.6 is 0 Å². The number of carboxylic acids is 1. The average molecular weight is 293 g/mol. The molecule has 0 bridgehead atoms. The monoisotopic (exact) mass is 293 g/mol. The van der Waals surface area contributed by atoms with Gasteiger partial charge in [-0.3, -0.25) is 4.79 Å². The van der Waals surface area contributed by atoms with E-state index in [-0.39, 0.29) is 11.8 Å². The van der Waals surface area contributed by atoms with E-state index in [1.807, 2.05) is 13.8 Å². The fraction of sp³-hybridized carbons (Fsp3) is 0.500. The van der Waals surface area contributed by atoms with Crippen molar-refractivity contribution in [3.63, 3.8) is 0 Å². The number of carboxylic acid groups (broad SMARTS) is 1. The van der Waals surface area contributed by atoms with E-state index in [9.17, 15) is 14.7 Å². The van der Waals surface area contributed by atoms with E-state index in [0.29, 0.717) is 24.3 Å². The maximum absolute atomic E-state index is 12.1. The van der Waals surface area contributed by atoms with Gasteiger partial charge in [0.2, 0.25) is 0 Å². The normalized spacial score (nSPS) is 13.3. The summed E-state index contributed by atoms with van der Waals surface area (Å²) in [5.41, 5.74) is 0.424. The van der Waals surface area contributed by atoms with Gasteiger partial charge < -0.3 is 15.2 Å². The molecule has 1 amide bonds. The van der Waals surface area contributed by atoms with Crippen LogP contribution in [0.25, 0.3) is 0 Å². The number of hydrogen-bond donors (Lipinski definition) is 2. The Labute approximate surface area is 125 Å². The van der Waals surface area contributed by atoms with E-state index >= 15 is 0 Å². The number of carbonyl (C=O) groups is 2. The van der Waals surface area contributed by atoms with Crippen LogP contribution in [0, 0.1) is 5.92 Å². The molecule has 0 aliphatic heterocycles. The average Bonchev–Trinajstić information content (AvgIpc) is 2.49. The lowest BCUT2D eigenvalue weighted by atomic mass is 9.99. The summed E-state index contributed by atoms with van der Waals surface area (Å²) in [6, 6.07) is 5.82. The number of ether oxygens (including phenoxy) is 1. The standard InChI is InChI=1S/C16H23NO4/c1-4-10-21-13-8-6-12(7-9-13)15(18)17-14(16(19)20)11(3)5-2/h6-9,11,14H,4-5,10H2,1-3H3,(H,17,18)(H,19,20)/t11?,14-/m0/s1. The molecule has 21 heavy (non-hydrogen) atoms. The molecule has 0 aliphatic rings. The minimum absolute atomic E-state index is 0.126. The third-order valence-electron chi connectivity index (χ3n) is 3.35. The van der Waals surface area contributed by atoms with Gasteiger partial charge >= 0.3 is 5.97 Å². The van der Waals surface area contributed by atoms with E-state index < -0.39 is 12.0 Å². The van der Waals surface area contributed by atoms with Crippen LogP contribution in [-0.2, 0) is 4.79 Å². The second kappa shape index (κ2) is 8.29. The number of hydrogen-bond acceptors (Lipinski definition) is 3. The molecular weight excluding hydrogens is 270 g/mol. The van der Waals surface area contributed by atoms with E-state index in [0.717, 1.165) is 6.42 Å². The van der Waals surface area contributed by atoms with Gasteiger partial charge in [-0.1, -0.05) is 27.2 Å². The second-order valence-corrected chi connectivity index (χ2v) is 5.05. The molecular formula is C16H23NO4. The highest BCUT2D eigenvalue weighted by molar-refractivity contribution is 5.96. The van der Waals surface area contributed by atoms with Crippen molar-refractivity contribution in [2.75, 3.05) is 6.61 Å². The van der Waals surface area contributed by atoms with Crippen molar-refractivity contribution in [3.05, 3.63) is 29.8 Å². The molecule has 116 valence electrons. The summed E-state index contributed by atoms with van der Waals surface area (Å²) >= 11 is 0. The molecule has 1 aromatic rings. The quantitative estimate of drug-likeness (QED) is 0.772. The van der Waals surface area contributed by atoms with Gasteiger partial charge in [0.05, 0.1) is 6.61 Å². The number of rotatable bonds is 8. The number of aliphatic carboxylic acids is 1. The first-order chi connectivity index (χ1) is 9.99. The van der Waals surface area contributed by atoms with E-state index in [2.05, 4.69) is 5.32 Å². The summed E-state index contributed by atoms with van der Waals surface area (Å²) in [7, 11) is 0. The van der Waals surface area contributed by atoms with Crippen LogP contribution in [0.3, 0.4) is 0 Å². The van der Waals surface area contributed by atoms with Gasteiger partial charge in [-0.25, -0.2) is 4.79 Å². The summed E-state index contributed by atoms with van der Waals surface area (Å²) in [6.45, 7) is 6.34. The Hall–Kier alpha value is -2.04. The zero-order valence-electron chi connectivity index (χ0n) is 12.8. The van der Waals surface area contributed by atoms with Crippen molar-refractivity contribution in [1.82, 2.24) is 5.32 Å². The van der Waals surface area contributed by atoms with Crippen molar-refractivity contribution < 1.29 is 19.4 Å². The first kappa shape index (κ1) is 17.0. The van der Waals surface area contributed by atoms with Gasteiger partial charge in [0.1, 0.15) is 11.8 Å². The smallest absolute Gasteiger partial charge is 0.326 e. The van der Waals surface area contributed by atoms with Gasteiger partial charge in [-0.2, -0.15) is 0 Å². The lowest BCUT2D eigenvalue weighted by molar-refractivity contribution is -0.140. The summed E-state index contributed by atoms with van der Waals surface area (Å²) in [4.78, 5) is 23.3. The lowest BCUT2D eigenvalue weighted by Crippen LogP contribution is -2.45. The van der Waals surface area contributed by atoms with Crippen molar-refractivity contribution >= 4 is 11.9 Å². The maximum atomic E-state index is 12.1. The van der Waals surface area contributed by atoms with Crippen LogP contribution in [0.5, 0.6) is 5.75 Å². The fourth-order valence-corrected chi connectivity index (χ4v) is 1.83. The molecule has 0 aliphatic carbocycles. The largest absolute Gasteiger partial charge is 0.494 e. The van der Waals surface area contributed by atoms with Crippen molar-refractivity contribution in [2.24, 2.45) is 5.92 Å². The van der Waals surface area contributed by atoms with Gasteiger partial charge in [0.25, 0.3) is 5.91 Å². The maximum Gasteiger partial charge on any atom is 0.326 e. The Morgan fingerprint density at radius 3 is 2.33 bits per heavy atom. The Bertz CT molecular complexity index is 470. The van der Waals surface area contributed by atoms with Gasteiger partial charge in [0.15, 0.2) is 0 Å². The van der Waals surface area contributed by atoms with Gasteiger partial charge in [-0.05, 0) is 36.6 Å². The molecule has 1 aromatic carbocycles. The SMILES string of the molecule is CCCOc1ccc(C(=O)N[C@H](C(=O)O)C(C)CC)cc1. The minimum Gasteiger partial charge on any atom is -0.494 e. The lowest BCUT2D eigenvalue weighted by Gasteiger charge is -2.20. The van der Waals surface area contributed by atoms with Crippen LogP contribution in [0.4, 0.5) is 0 Å². The van der Waals surface area contributed by atoms with E-state index in [4.69, 9.17) is 4.74 Å². The number of carbonyl (C=O) groups excluding carboxylic acids is 1. The number of benzene rings is 1. The van der Waals surface area contributed by atoms with E-state index in [1.165, 1.54) is 0 Å². The highest BCUT2D eigenvalue weighted by atomic mass is 16.5. The summed E-state index contributed by atoms with van der Waals surface area (Å²) < 4.78 is 5.44. The first-order valence-electron chi connectivity index (χ1n) is 7.26. The molecule has 5 nitrogen and oxygen atoms in total. The minimum atomic E-state index is -1.01. The fourth-order valence-electron chi connectivity index (χ4n) is 1.83. The molecule has 0 saturated carbocycles. The molecule has 0 radical (unpaired) electrons. The molecule has 0 heterocycles. The molecule has 2 N–H and O–H groups in total. The predicted molar refractivity (Wildman–Crippen MR) is 80.6 cm³/mol. The van der Waals surface area contributed by atoms with Crippen LogP contribution < -0.4 is 10.1 Å². The summed E-state index contributed by atoms with van der Waals surface area (Å²) in [6.07, 6.45) is 1.60. The number of amides is 1. The van der Waals surface area contributed by atoms with E-state index in [1.54, 1.807) is 31.2 Å². The van der Waals surface area contributed by atoms with Gasteiger partial charge in [0, 0.05) is 5.56 Å². The molecule has 1 rings (SSSR count). The molecule has 0 spiro atoms. The zero-order valence-corrected chi connectivity index (χ0v) is 12.8. The van der Waals surface area contributed by atoms with Crippen molar-refractivity contribution in [3.8, 4) is 5.75 Å². The Morgan fingerprint density at radius 1 is 1.24 bits per heavy atom. The third-order valence-corrected chi connectivity index (χ3v) is 3.35. The van der Waals surface area contributed by atoms with Crippen LogP contribution in [0.1, 0.15) is 44.0 Å². The topological polar surface area (TPSA) is 75.6 Å². The zero-order chi connectivity index (χ0) is 15.8. The molecule has 0 saturated heterocycles. The molecule has 0 fully saturated rings. The number of nitrogens with one attached hydrogen (secondary N) is 1. The summed E-state index contributed by atoms with van der Waals surface area (Å²) in [5, 5.41) is 11.7. The summed E-state index contributed by atoms with van der Waals surface area (Å²) in [5.74, 6) is -0.825. The Kier molecular flexibility index (Phi) is 6.72. The molecule has 2 atom stereocenters. The van der Waals surface area contributed by atoms with Crippen LogP contribution in [-0.4, -0.2) is 29.6 Å². The third kappa shape index (κ3) is 5.10. The first-order valence-corrected chi connectivity index (χ1v) is 7.26. The Morgan fingerprint density at radius 2 is 1.86 bits per heavy atom. The Balaban J connectivity index is 2.71. The second-order valence-electron chi connectivity index (χ2n) is 5.05. The highest BCUT2D eigenvalue weighted by Gasteiger charge is 2.25. The highest BCUT2D eigenvalue weighted by Crippen LogP contribution is 2.14. The van der Waals surface area contributed by atoms with Crippen LogP contribution in [0.15, 0.2) is 24.3 Å². The van der Waals surface area contributed by atoms with Crippen molar-refractivity contribution in [2.45, 2.75) is 39.7 Å². The van der Waals surface area contributed by atoms with Crippen molar-refractivity contribution in [1.29, 1.82) is 0 Å². The molecule has 5 heteroatoms. The molecule has 1 unspecified atom stereocenters. The van der Waals surface area contributed by atoms with Gasteiger partial charge in [-0.15, -0.1) is 0 Å². The molecule has 0 aromatic heterocycles.